The van der Waals surface area contributed by atoms with E-state index in [0.29, 0.717) is 24.0 Å². The molecule has 1 aromatic carbocycles. The van der Waals surface area contributed by atoms with Crippen molar-refractivity contribution in [3.8, 4) is 5.75 Å². The molecule has 0 saturated carbocycles. The Morgan fingerprint density at radius 3 is 2.65 bits per heavy atom. The number of carbonyl (C=O) groups excluding carboxylic acids is 1. The number of amides is 1. The lowest BCUT2D eigenvalue weighted by atomic mass is 10.1. The van der Waals surface area contributed by atoms with Gasteiger partial charge in [0.25, 0.3) is 0 Å². The summed E-state index contributed by atoms with van der Waals surface area (Å²) in [6.07, 6.45) is 3.67. The molecule has 0 spiro atoms. The SMILES string of the molecule is Cc1cccnc1Cc1ccc(OC(=O)N2CCC(Sc3nnnn3CCC(=O)O)CC2)cc1. The van der Waals surface area contributed by atoms with E-state index in [-0.39, 0.29) is 24.3 Å². The van der Waals surface area contributed by atoms with Gasteiger partial charge in [0.1, 0.15) is 5.75 Å². The highest BCUT2D eigenvalue weighted by molar-refractivity contribution is 7.99. The minimum Gasteiger partial charge on any atom is -0.481 e. The maximum atomic E-state index is 12.6. The van der Waals surface area contributed by atoms with Gasteiger partial charge in [0.2, 0.25) is 5.16 Å². The third kappa shape index (κ3) is 6.31. The number of carbonyl (C=O) groups is 2. The van der Waals surface area contributed by atoms with Gasteiger partial charge in [-0.1, -0.05) is 30.0 Å². The normalized spacial score (nSPS) is 14.2. The first kappa shape index (κ1) is 23.7. The van der Waals surface area contributed by atoms with E-state index in [2.05, 4.69) is 20.5 Å². The van der Waals surface area contributed by atoms with E-state index in [1.165, 1.54) is 16.4 Å². The van der Waals surface area contributed by atoms with E-state index < -0.39 is 5.97 Å². The maximum Gasteiger partial charge on any atom is 0.415 e. The molecule has 34 heavy (non-hydrogen) atoms. The Hall–Kier alpha value is -3.47. The molecule has 2 aromatic heterocycles. The number of tetrazole rings is 1. The summed E-state index contributed by atoms with van der Waals surface area (Å²) >= 11 is 1.52. The minimum atomic E-state index is -0.892. The molecule has 1 N–H and O–H groups in total. The molecular weight excluding hydrogens is 456 g/mol. The van der Waals surface area contributed by atoms with E-state index in [1.54, 1.807) is 11.1 Å². The quantitative estimate of drug-likeness (QED) is 0.515. The number of hydrogen-bond donors (Lipinski definition) is 1. The van der Waals surface area contributed by atoms with E-state index in [9.17, 15) is 9.59 Å². The summed E-state index contributed by atoms with van der Waals surface area (Å²) in [5.74, 6) is -0.378. The highest BCUT2D eigenvalue weighted by atomic mass is 32.2. The Kier molecular flexibility index (Phi) is 7.73. The number of carboxylic acids is 1. The van der Waals surface area contributed by atoms with Gasteiger partial charge in [-0.25, -0.2) is 9.48 Å². The number of carboxylic acid groups (broad SMARTS) is 1. The Labute approximate surface area is 201 Å². The number of nitrogens with zero attached hydrogens (tertiary/aromatic N) is 6. The van der Waals surface area contributed by atoms with Crippen LogP contribution in [0, 0.1) is 6.92 Å². The summed E-state index contributed by atoms with van der Waals surface area (Å²) < 4.78 is 7.08. The second-order valence-electron chi connectivity index (χ2n) is 8.09. The first-order chi connectivity index (χ1) is 16.5. The molecule has 10 nitrogen and oxygen atoms in total. The topological polar surface area (TPSA) is 123 Å². The van der Waals surface area contributed by atoms with Gasteiger partial charge in [0, 0.05) is 36.7 Å². The van der Waals surface area contributed by atoms with E-state index in [4.69, 9.17) is 9.84 Å². The van der Waals surface area contributed by atoms with Crippen LogP contribution in [0.1, 0.15) is 36.1 Å². The zero-order valence-electron chi connectivity index (χ0n) is 18.8. The first-order valence-corrected chi connectivity index (χ1v) is 12.0. The third-order valence-corrected chi connectivity index (χ3v) is 6.93. The Morgan fingerprint density at radius 2 is 1.94 bits per heavy atom. The fourth-order valence-corrected chi connectivity index (χ4v) is 4.74. The number of aromatic nitrogens is 5. The van der Waals surface area contributed by atoms with Gasteiger partial charge in [-0.3, -0.25) is 9.78 Å². The Morgan fingerprint density at radius 1 is 1.18 bits per heavy atom. The summed E-state index contributed by atoms with van der Waals surface area (Å²) in [5.41, 5.74) is 3.28. The number of pyridine rings is 1. The number of benzene rings is 1. The van der Waals surface area contributed by atoms with E-state index in [1.807, 2.05) is 43.3 Å². The average Bonchev–Trinajstić information content (AvgIpc) is 3.27. The lowest BCUT2D eigenvalue weighted by molar-refractivity contribution is -0.137. The number of thioether (sulfide) groups is 1. The Bertz CT molecular complexity index is 1130. The molecule has 3 heterocycles. The predicted molar refractivity (Wildman–Crippen MR) is 125 cm³/mol. The number of rotatable bonds is 8. The molecule has 11 heteroatoms. The van der Waals surface area contributed by atoms with Gasteiger partial charge in [0.05, 0.1) is 13.0 Å². The van der Waals surface area contributed by atoms with Crippen LogP contribution in [-0.4, -0.2) is 65.6 Å². The van der Waals surface area contributed by atoms with Crippen molar-refractivity contribution in [3.63, 3.8) is 0 Å². The number of piperidine rings is 1. The number of aryl methyl sites for hydroxylation is 2. The van der Waals surface area contributed by atoms with Crippen LogP contribution in [-0.2, 0) is 17.8 Å². The molecule has 1 aliphatic heterocycles. The van der Waals surface area contributed by atoms with Crippen LogP contribution in [0.5, 0.6) is 5.75 Å². The zero-order valence-corrected chi connectivity index (χ0v) is 19.6. The molecule has 178 valence electrons. The van der Waals surface area contributed by atoms with Crippen molar-refractivity contribution < 1.29 is 19.4 Å². The van der Waals surface area contributed by atoms with Crippen LogP contribution in [0.15, 0.2) is 47.8 Å². The van der Waals surface area contributed by atoms with Crippen LogP contribution < -0.4 is 4.74 Å². The second-order valence-corrected chi connectivity index (χ2v) is 9.36. The average molecular weight is 483 g/mol. The van der Waals surface area contributed by atoms with Crippen LogP contribution in [0.4, 0.5) is 4.79 Å². The van der Waals surface area contributed by atoms with Crippen molar-refractivity contribution in [1.29, 1.82) is 0 Å². The zero-order chi connectivity index (χ0) is 23.9. The van der Waals surface area contributed by atoms with Gasteiger partial charge in [-0.2, -0.15) is 0 Å². The second kappa shape index (κ2) is 11.1. The molecule has 1 amide bonds. The van der Waals surface area contributed by atoms with Gasteiger partial charge in [-0.15, -0.1) is 5.10 Å². The maximum absolute atomic E-state index is 12.6. The molecule has 0 aliphatic carbocycles. The van der Waals surface area contributed by atoms with Crippen molar-refractivity contribution in [2.75, 3.05) is 13.1 Å². The van der Waals surface area contributed by atoms with Crippen molar-refractivity contribution in [2.45, 2.75) is 49.6 Å². The van der Waals surface area contributed by atoms with Crippen LogP contribution >= 0.6 is 11.8 Å². The minimum absolute atomic E-state index is 0.0351. The van der Waals surface area contributed by atoms with Crippen molar-refractivity contribution in [2.24, 2.45) is 0 Å². The molecule has 0 atom stereocenters. The predicted octanol–water partition coefficient (Wildman–Crippen LogP) is 3.20. The summed E-state index contributed by atoms with van der Waals surface area (Å²) in [4.78, 5) is 29.5. The van der Waals surface area contributed by atoms with Crippen LogP contribution in [0.25, 0.3) is 0 Å². The summed E-state index contributed by atoms with van der Waals surface area (Å²) in [6, 6.07) is 11.5. The summed E-state index contributed by atoms with van der Waals surface area (Å²) in [7, 11) is 0. The fourth-order valence-electron chi connectivity index (χ4n) is 3.67. The van der Waals surface area contributed by atoms with Gasteiger partial charge < -0.3 is 14.7 Å². The lowest BCUT2D eigenvalue weighted by Gasteiger charge is -2.30. The monoisotopic (exact) mass is 482 g/mol. The van der Waals surface area contributed by atoms with Crippen molar-refractivity contribution >= 4 is 23.8 Å². The fraction of sp³-hybridized carbons (Fsp3) is 0.391. The largest absolute Gasteiger partial charge is 0.481 e. The summed E-state index contributed by atoms with van der Waals surface area (Å²) in [5, 5.41) is 21.2. The molecule has 0 unspecified atom stereocenters. The first-order valence-electron chi connectivity index (χ1n) is 11.1. The van der Waals surface area contributed by atoms with Crippen molar-refractivity contribution in [3.05, 3.63) is 59.4 Å². The molecule has 4 rings (SSSR count). The third-order valence-electron chi connectivity index (χ3n) is 5.63. The molecule has 0 bridgehead atoms. The Balaban J connectivity index is 1.24. The van der Waals surface area contributed by atoms with Crippen molar-refractivity contribution in [1.82, 2.24) is 30.1 Å². The summed E-state index contributed by atoms with van der Waals surface area (Å²) in [6.45, 7) is 3.42. The number of ether oxygens (including phenoxy) is 1. The molecule has 1 aliphatic rings. The number of likely N-dealkylation sites (tertiary alicyclic amines) is 1. The molecule has 3 aromatic rings. The van der Waals surface area contributed by atoms with E-state index in [0.717, 1.165) is 36.1 Å². The highest BCUT2D eigenvalue weighted by Gasteiger charge is 2.26. The highest BCUT2D eigenvalue weighted by Crippen LogP contribution is 2.29. The number of aliphatic carboxylic acids is 1. The molecule has 0 radical (unpaired) electrons. The van der Waals surface area contributed by atoms with E-state index >= 15 is 0 Å². The van der Waals surface area contributed by atoms with Gasteiger partial charge >= 0.3 is 12.1 Å². The van der Waals surface area contributed by atoms with Crippen LogP contribution in [0.3, 0.4) is 0 Å². The number of hydrogen-bond acceptors (Lipinski definition) is 8. The van der Waals surface area contributed by atoms with Gasteiger partial charge in [-0.05, 0) is 59.5 Å². The molecule has 1 saturated heterocycles. The molecule has 1 fully saturated rings. The van der Waals surface area contributed by atoms with Crippen LogP contribution in [0.2, 0.25) is 0 Å². The standard InChI is InChI=1S/C23H26N6O4S/c1-16-3-2-11-24-20(16)15-17-4-6-18(7-5-17)33-23(32)28-12-8-19(9-13-28)34-22-25-26-27-29(22)14-10-21(30)31/h2-7,11,19H,8-10,12-15H2,1H3,(H,30,31). The smallest absolute Gasteiger partial charge is 0.415 e. The lowest BCUT2D eigenvalue weighted by Crippen LogP contribution is -2.41. The molecular formula is C23H26N6O4S. The van der Waals surface area contributed by atoms with Gasteiger partial charge in [0.15, 0.2) is 0 Å².